The number of benzene rings is 1. The predicted octanol–water partition coefficient (Wildman–Crippen LogP) is 5.13. The number of likely N-dealkylation sites (tertiary alicyclic amines) is 1. The van der Waals surface area contributed by atoms with Crippen molar-refractivity contribution in [3.63, 3.8) is 0 Å². The Hall–Kier alpha value is -3.00. The van der Waals surface area contributed by atoms with Gasteiger partial charge in [0.2, 0.25) is 0 Å². The summed E-state index contributed by atoms with van der Waals surface area (Å²) in [6, 6.07) is 11.8. The fourth-order valence-corrected chi connectivity index (χ4v) is 4.92. The molecule has 1 aliphatic rings. The SMILES string of the molecule is CCOC(=O)C[C@H](c1ccc(F)cc1)C1CCN(C(=O)c2cc(-c3cccs3)on2)CC1. The van der Waals surface area contributed by atoms with Crippen molar-refractivity contribution in [2.24, 2.45) is 5.92 Å². The highest BCUT2D eigenvalue weighted by Gasteiger charge is 2.32. The summed E-state index contributed by atoms with van der Waals surface area (Å²) in [6.45, 7) is 3.23. The summed E-state index contributed by atoms with van der Waals surface area (Å²) in [7, 11) is 0. The zero-order valence-corrected chi connectivity index (χ0v) is 18.6. The highest BCUT2D eigenvalue weighted by Crippen LogP contribution is 2.36. The average molecular weight is 457 g/mol. The molecule has 0 N–H and O–H groups in total. The molecule has 3 aromatic rings. The molecule has 1 saturated heterocycles. The van der Waals surface area contributed by atoms with Gasteiger partial charge in [-0.3, -0.25) is 9.59 Å². The third-order valence-corrected chi connectivity index (χ3v) is 6.76. The van der Waals surface area contributed by atoms with E-state index in [-0.39, 0.29) is 36.0 Å². The topological polar surface area (TPSA) is 72.6 Å². The van der Waals surface area contributed by atoms with Crippen LogP contribution in [0, 0.1) is 11.7 Å². The fraction of sp³-hybridized carbons (Fsp3) is 0.375. The Balaban J connectivity index is 1.42. The molecule has 168 valence electrons. The third kappa shape index (κ3) is 5.07. The molecule has 1 aliphatic heterocycles. The molecule has 1 aromatic carbocycles. The number of halogens is 1. The molecule has 6 nitrogen and oxygen atoms in total. The van der Waals surface area contributed by atoms with Crippen LogP contribution in [0.3, 0.4) is 0 Å². The second kappa shape index (κ2) is 10.1. The number of nitrogens with zero attached hydrogens (tertiary/aromatic N) is 2. The van der Waals surface area contributed by atoms with Gasteiger partial charge in [-0.1, -0.05) is 23.4 Å². The van der Waals surface area contributed by atoms with Crippen LogP contribution in [0.25, 0.3) is 10.6 Å². The number of piperidine rings is 1. The van der Waals surface area contributed by atoms with Crippen LogP contribution < -0.4 is 0 Å². The van der Waals surface area contributed by atoms with Gasteiger partial charge in [0.25, 0.3) is 5.91 Å². The standard InChI is InChI=1S/C24H25FN2O4S/c1-2-30-23(28)14-19(16-5-7-18(25)8-6-16)17-9-11-27(12-10-17)24(29)20-15-21(31-26-20)22-4-3-13-32-22/h3-8,13,15,17,19H,2,9-12,14H2,1H3/t19-/m1/s1. The lowest BCUT2D eigenvalue weighted by Crippen LogP contribution is -2.40. The van der Waals surface area contributed by atoms with Gasteiger partial charge in [-0.2, -0.15) is 0 Å². The van der Waals surface area contributed by atoms with E-state index >= 15 is 0 Å². The molecule has 1 fully saturated rings. The number of hydrogen-bond donors (Lipinski definition) is 0. The minimum absolute atomic E-state index is 0.0793. The lowest BCUT2D eigenvalue weighted by molar-refractivity contribution is -0.144. The second-order valence-electron chi connectivity index (χ2n) is 7.85. The first-order valence-corrected chi connectivity index (χ1v) is 11.6. The van der Waals surface area contributed by atoms with E-state index in [1.165, 1.54) is 23.5 Å². The molecule has 4 rings (SSSR count). The van der Waals surface area contributed by atoms with Gasteiger partial charge in [0.1, 0.15) is 5.82 Å². The molecule has 8 heteroatoms. The van der Waals surface area contributed by atoms with Crippen molar-refractivity contribution in [1.29, 1.82) is 0 Å². The first kappa shape index (κ1) is 22.2. The summed E-state index contributed by atoms with van der Waals surface area (Å²) < 4.78 is 23.9. The Bertz CT molecular complexity index is 1040. The Morgan fingerprint density at radius 2 is 2.00 bits per heavy atom. The molecule has 1 atom stereocenters. The second-order valence-corrected chi connectivity index (χ2v) is 8.80. The first-order chi connectivity index (χ1) is 15.5. The van der Waals surface area contributed by atoms with Gasteiger partial charge in [0, 0.05) is 19.2 Å². The van der Waals surface area contributed by atoms with Crippen LogP contribution in [0.4, 0.5) is 4.39 Å². The van der Waals surface area contributed by atoms with Crippen molar-refractivity contribution in [1.82, 2.24) is 10.1 Å². The highest BCUT2D eigenvalue weighted by molar-refractivity contribution is 7.13. The fourth-order valence-electron chi connectivity index (χ4n) is 4.24. The summed E-state index contributed by atoms with van der Waals surface area (Å²) in [5, 5.41) is 5.90. The zero-order valence-electron chi connectivity index (χ0n) is 17.8. The van der Waals surface area contributed by atoms with E-state index in [0.29, 0.717) is 31.2 Å². The molecule has 0 saturated carbocycles. The first-order valence-electron chi connectivity index (χ1n) is 10.8. The van der Waals surface area contributed by atoms with Gasteiger partial charge in [0.05, 0.1) is 17.9 Å². The van der Waals surface area contributed by atoms with Crippen LogP contribution in [0.15, 0.2) is 52.4 Å². The van der Waals surface area contributed by atoms with Crippen LogP contribution in [0.1, 0.15) is 48.2 Å². The largest absolute Gasteiger partial charge is 0.466 e. The molecular weight excluding hydrogens is 431 g/mol. The van der Waals surface area contributed by atoms with E-state index in [9.17, 15) is 14.0 Å². The molecule has 3 heterocycles. The molecule has 0 spiro atoms. The minimum atomic E-state index is -0.307. The summed E-state index contributed by atoms with van der Waals surface area (Å²) >= 11 is 1.53. The predicted molar refractivity (Wildman–Crippen MR) is 119 cm³/mol. The normalized spacial score (nSPS) is 15.5. The van der Waals surface area contributed by atoms with Crippen LogP contribution in [0.2, 0.25) is 0 Å². The monoisotopic (exact) mass is 456 g/mol. The van der Waals surface area contributed by atoms with Crippen LogP contribution in [0.5, 0.6) is 0 Å². The van der Waals surface area contributed by atoms with Crippen molar-refractivity contribution >= 4 is 23.2 Å². The molecule has 0 bridgehead atoms. The van der Waals surface area contributed by atoms with E-state index in [4.69, 9.17) is 9.26 Å². The smallest absolute Gasteiger partial charge is 0.306 e. The van der Waals surface area contributed by atoms with Crippen LogP contribution in [-0.2, 0) is 9.53 Å². The van der Waals surface area contributed by atoms with Gasteiger partial charge < -0.3 is 14.2 Å². The average Bonchev–Trinajstić information content (AvgIpc) is 3.50. The maximum Gasteiger partial charge on any atom is 0.306 e. The number of amides is 1. The van der Waals surface area contributed by atoms with E-state index in [1.807, 2.05) is 17.5 Å². The molecule has 1 amide bonds. The number of hydrogen-bond acceptors (Lipinski definition) is 6. The number of thiophene rings is 1. The van der Waals surface area contributed by atoms with Crippen LogP contribution >= 0.6 is 11.3 Å². The summed E-state index contributed by atoms with van der Waals surface area (Å²) in [5.74, 6) is -0.0253. The number of rotatable bonds is 7. The van der Waals surface area contributed by atoms with Crippen molar-refractivity contribution in [3.8, 4) is 10.6 Å². The van der Waals surface area contributed by atoms with Crippen molar-refractivity contribution in [3.05, 3.63) is 64.9 Å². The summed E-state index contributed by atoms with van der Waals surface area (Å²) in [6.07, 6.45) is 1.72. The molecular formula is C24H25FN2O4S. The molecule has 0 aliphatic carbocycles. The molecule has 0 unspecified atom stereocenters. The van der Waals surface area contributed by atoms with Gasteiger partial charge in [-0.15, -0.1) is 11.3 Å². The Morgan fingerprint density at radius 3 is 2.66 bits per heavy atom. The van der Waals surface area contributed by atoms with Gasteiger partial charge >= 0.3 is 5.97 Å². The summed E-state index contributed by atoms with van der Waals surface area (Å²) in [4.78, 5) is 27.8. The molecule has 0 radical (unpaired) electrons. The molecule has 2 aromatic heterocycles. The van der Waals surface area contributed by atoms with E-state index in [2.05, 4.69) is 5.16 Å². The van der Waals surface area contributed by atoms with E-state index in [0.717, 1.165) is 23.3 Å². The Morgan fingerprint density at radius 1 is 1.25 bits per heavy atom. The van der Waals surface area contributed by atoms with E-state index < -0.39 is 0 Å². The van der Waals surface area contributed by atoms with Gasteiger partial charge in [0.15, 0.2) is 11.5 Å². The van der Waals surface area contributed by atoms with Crippen molar-refractivity contribution in [2.45, 2.75) is 32.1 Å². The number of aromatic nitrogens is 1. The number of ether oxygens (including phenoxy) is 1. The van der Waals surface area contributed by atoms with Crippen molar-refractivity contribution in [2.75, 3.05) is 19.7 Å². The van der Waals surface area contributed by atoms with Gasteiger partial charge in [-0.05, 0) is 60.7 Å². The number of carbonyl (C=O) groups excluding carboxylic acids is 2. The maximum absolute atomic E-state index is 13.4. The maximum atomic E-state index is 13.4. The minimum Gasteiger partial charge on any atom is -0.466 e. The van der Waals surface area contributed by atoms with E-state index in [1.54, 1.807) is 30.0 Å². The summed E-state index contributed by atoms with van der Waals surface area (Å²) in [5.41, 5.74) is 1.22. The van der Waals surface area contributed by atoms with Gasteiger partial charge in [-0.25, -0.2) is 4.39 Å². The quantitative estimate of drug-likeness (QED) is 0.461. The van der Waals surface area contributed by atoms with Crippen LogP contribution in [-0.4, -0.2) is 41.6 Å². The molecule has 32 heavy (non-hydrogen) atoms. The lowest BCUT2D eigenvalue weighted by atomic mass is 9.78. The third-order valence-electron chi connectivity index (χ3n) is 5.88. The van der Waals surface area contributed by atoms with Crippen molar-refractivity contribution < 1.29 is 23.2 Å². The Labute approximate surface area is 190 Å². The number of carbonyl (C=O) groups is 2. The highest BCUT2D eigenvalue weighted by atomic mass is 32.1. The number of esters is 1. The lowest BCUT2D eigenvalue weighted by Gasteiger charge is -2.35. The zero-order chi connectivity index (χ0) is 22.5. The Kier molecular flexibility index (Phi) is 6.99.